The van der Waals surface area contributed by atoms with E-state index in [2.05, 4.69) is 10.1 Å². The van der Waals surface area contributed by atoms with Crippen LogP contribution in [-0.2, 0) is 0 Å². The van der Waals surface area contributed by atoms with Crippen LogP contribution >= 0.6 is 11.3 Å². The normalized spacial score (nSPS) is 11.1. The summed E-state index contributed by atoms with van der Waals surface area (Å²) in [5.41, 5.74) is 0.910. The monoisotopic (exact) mass is 307 g/mol. The van der Waals surface area contributed by atoms with Crippen molar-refractivity contribution in [2.45, 2.75) is 0 Å². The number of para-hydroxylation sites is 1. The Hall–Kier alpha value is -2.86. The van der Waals surface area contributed by atoms with Crippen LogP contribution in [0.15, 0.2) is 59.4 Å². The number of aromatic nitrogens is 3. The van der Waals surface area contributed by atoms with Gasteiger partial charge in [-0.05, 0) is 12.1 Å². The highest BCUT2D eigenvalue weighted by molar-refractivity contribution is 7.18. The van der Waals surface area contributed by atoms with Crippen molar-refractivity contribution in [2.24, 2.45) is 0 Å². The maximum absolute atomic E-state index is 12.5. The van der Waals surface area contributed by atoms with Crippen LogP contribution in [0.5, 0.6) is 0 Å². The van der Waals surface area contributed by atoms with Gasteiger partial charge in [-0.1, -0.05) is 53.8 Å². The average molecular weight is 307 g/mol. The van der Waals surface area contributed by atoms with Gasteiger partial charge < -0.3 is 0 Å². The smallest absolute Gasteiger partial charge is 0.281 e. The first-order chi connectivity index (χ1) is 10.7. The van der Waals surface area contributed by atoms with Gasteiger partial charge in [-0.15, -0.1) is 0 Å². The van der Waals surface area contributed by atoms with E-state index in [4.69, 9.17) is 0 Å². The van der Waals surface area contributed by atoms with Crippen molar-refractivity contribution in [3.63, 3.8) is 0 Å². The Morgan fingerprint density at radius 2 is 1.73 bits per heavy atom. The minimum Gasteiger partial charge on any atom is -0.286 e. The van der Waals surface area contributed by atoms with Crippen molar-refractivity contribution >= 4 is 33.0 Å². The molecule has 2 aromatic carbocycles. The van der Waals surface area contributed by atoms with Crippen molar-refractivity contribution in [3.8, 4) is 0 Å². The molecule has 0 radical (unpaired) electrons. The molecule has 2 aromatic heterocycles. The molecule has 2 heterocycles. The molecule has 0 fully saturated rings. The molecule has 0 saturated heterocycles. The summed E-state index contributed by atoms with van der Waals surface area (Å²) >= 11 is 1.12. The predicted octanol–water partition coefficient (Wildman–Crippen LogP) is 2.54. The first-order valence-electron chi connectivity index (χ1n) is 6.62. The fraction of sp³-hybridized carbons (Fsp3) is 0. The zero-order valence-electron chi connectivity index (χ0n) is 11.3. The number of fused-ring (bicyclic) bond motifs is 3. The molecule has 0 aliphatic heterocycles. The van der Waals surface area contributed by atoms with Gasteiger partial charge in [0, 0.05) is 5.56 Å². The molecule has 0 unspecified atom stereocenters. The van der Waals surface area contributed by atoms with Crippen LogP contribution in [0.4, 0.5) is 0 Å². The Balaban J connectivity index is 1.97. The number of carbonyl (C=O) groups excluding carboxylic acids is 1. The topological polar surface area (TPSA) is 64.3 Å². The summed E-state index contributed by atoms with van der Waals surface area (Å²) in [4.78, 5) is 28.9. The van der Waals surface area contributed by atoms with Crippen molar-refractivity contribution in [1.29, 1.82) is 0 Å². The van der Waals surface area contributed by atoms with E-state index in [0.29, 0.717) is 26.4 Å². The molecular weight excluding hydrogens is 298 g/mol. The van der Waals surface area contributed by atoms with Gasteiger partial charge in [0.15, 0.2) is 5.01 Å². The molecule has 0 bridgehead atoms. The third-order valence-corrected chi connectivity index (χ3v) is 4.26. The zero-order valence-corrected chi connectivity index (χ0v) is 12.1. The first-order valence-corrected chi connectivity index (χ1v) is 7.44. The van der Waals surface area contributed by atoms with Gasteiger partial charge in [0.2, 0.25) is 10.7 Å². The highest BCUT2D eigenvalue weighted by atomic mass is 32.1. The molecule has 0 aliphatic rings. The Kier molecular flexibility index (Phi) is 2.83. The first kappa shape index (κ1) is 12.8. The highest BCUT2D eigenvalue weighted by Crippen LogP contribution is 2.19. The van der Waals surface area contributed by atoms with Crippen LogP contribution in [0.1, 0.15) is 15.4 Å². The summed E-state index contributed by atoms with van der Waals surface area (Å²) < 4.78 is 1.55. The van der Waals surface area contributed by atoms with E-state index < -0.39 is 0 Å². The van der Waals surface area contributed by atoms with E-state index in [1.807, 2.05) is 12.1 Å². The summed E-state index contributed by atoms with van der Waals surface area (Å²) in [6.45, 7) is 0. The van der Waals surface area contributed by atoms with Crippen LogP contribution in [0.3, 0.4) is 0 Å². The van der Waals surface area contributed by atoms with Crippen LogP contribution < -0.4 is 5.56 Å². The lowest BCUT2D eigenvalue weighted by molar-refractivity contribution is 0.103. The van der Waals surface area contributed by atoms with Gasteiger partial charge in [-0.2, -0.15) is 10.1 Å². The maximum Gasteiger partial charge on any atom is 0.281 e. The van der Waals surface area contributed by atoms with E-state index in [0.717, 1.165) is 11.3 Å². The molecule has 0 amide bonds. The molecule has 0 N–H and O–H groups in total. The van der Waals surface area contributed by atoms with E-state index in [1.165, 1.54) is 0 Å². The van der Waals surface area contributed by atoms with E-state index in [1.54, 1.807) is 47.0 Å². The van der Waals surface area contributed by atoms with E-state index >= 15 is 0 Å². The van der Waals surface area contributed by atoms with Crippen LogP contribution in [0.25, 0.3) is 15.9 Å². The fourth-order valence-corrected chi connectivity index (χ4v) is 3.16. The molecule has 0 aliphatic carbocycles. The predicted molar refractivity (Wildman–Crippen MR) is 84.5 cm³/mol. The molecule has 5 nitrogen and oxygen atoms in total. The van der Waals surface area contributed by atoms with Crippen molar-refractivity contribution in [3.05, 3.63) is 75.5 Å². The Morgan fingerprint density at radius 1 is 1.00 bits per heavy atom. The second-order valence-electron chi connectivity index (χ2n) is 4.73. The second-order valence-corrected chi connectivity index (χ2v) is 5.69. The molecule has 0 saturated carbocycles. The van der Waals surface area contributed by atoms with Crippen molar-refractivity contribution in [1.82, 2.24) is 14.6 Å². The number of nitrogens with zero attached hydrogens (tertiary/aromatic N) is 3. The third-order valence-electron chi connectivity index (χ3n) is 3.35. The van der Waals surface area contributed by atoms with Gasteiger partial charge >= 0.3 is 0 Å². The molecule has 4 aromatic rings. The molecular formula is C16H9N3O2S. The SMILES string of the molecule is O=C(c1ccccc1)c1nn2c(nc(=O)c3ccccc32)s1. The summed E-state index contributed by atoms with van der Waals surface area (Å²) in [6, 6.07) is 16.0. The van der Waals surface area contributed by atoms with Gasteiger partial charge in [0.25, 0.3) is 5.56 Å². The summed E-state index contributed by atoms with van der Waals surface area (Å²) in [5, 5.41) is 5.15. The quantitative estimate of drug-likeness (QED) is 0.534. The standard InChI is InChI=1S/C16H9N3O2S/c20-13(10-6-2-1-3-7-10)15-18-19-12-9-5-4-8-11(12)14(21)17-16(19)22-15/h1-9H. The molecule has 4 rings (SSSR count). The summed E-state index contributed by atoms with van der Waals surface area (Å²) in [5.74, 6) is -0.173. The van der Waals surface area contributed by atoms with E-state index in [9.17, 15) is 9.59 Å². The van der Waals surface area contributed by atoms with Gasteiger partial charge in [-0.25, -0.2) is 4.52 Å². The van der Waals surface area contributed by atoms with Crippen LogP contribution in [0, 0.1) is 0 Å². The number of ketones is 1. The van der Waals surface area contributed by atoms with Crippen molar-refractivity contribution < 1.29 is 4.79 Å². The van der Waals surface area contributed by atoms with Gasteiger partial charge in [-0.3, -0.25) is 9.59 Å². The zero-order chi connectivity index (χ0) is 15.1. The van der Waals surface area contributed by atoms with Gasteiger partial charge in [0.05, 0.1) is 10.9 Å². The average Bonchev–Trinajstić information content (AvgIpc) is 2.99. The number of benzene rings is 2. The Bertz CT molecular complexity index is 1070. The molecule has 0 spiro atoms. The number of hydrogen-bond acceptors (Lipinski definition) is 5. The lowest BCUT2D eigenvalue weighted by Crippen LogP contribution is -2.09. The summed E-state index contributed by atoms with van der Waals surface area (Å²) in [7, 11) is 0. The minimum atomic E-state index is -0.307. The van der Waals surface area contributed by atoms with Gasteiger partial charge in [0.1, 0.15) is 0 Å². The van der Waals surface area contributed by atoms with E-state index in [-0.39, 0.29) is 11.3 Å². The molecule has 6 heteroatoms. The highest BCUT2D eigenvalue weighted by Gasteiger charge is 2.16. The number of carbonyl (C=O) groups is 1. The number of rotatable bonds is 2. The Labute approximate surface area is 128 Å². The molecule has 22 heavy (non-hydrogen) atoms. The van der Waals surface area contributed by atoms with Crippen LogP contribution in [-0.4, -0.2) is 20.4 Å². The fourth-order valence-electron chi connectivity index (χ4n) is 2.30. The largest absolute Gasteiger partial charge is 0.286 e. The lowest BCUT2D eigenvalue weighted by atomic mass is 10.1. The maximum atomic E-state index is 12.5. The Morgan fingerprint density at radius 3 is 2.55 bits per heavy atom. The molecule has 106 valence electrons. The second kappa shape index (κ2) is 4.85. The minimum absolute atomic E-state index is 0.173. The third kappa shape index (κ3) is 1.93. The van der Waals surface area contributed by atoms with Crippen LogP contribution in [0.2, 0.25) is 0 Å². The number of hydrogen-bond donors (Lipinski definition) is 0. The van der Waals surface area contributed by atoms with Crippen molar-refractivity contribution in [2.75, 3.05) is 0 Å². The summed E-state index contributed by atoms with van der Waals surface area (Å²) in [6.07, 6.45) is 0. The molecule has 0 atom stereocenters. The lowest BCUT2D eigenvalue weighted by Gasteiger charge is -1.97.